The van der Waals surface area contributed by atoms with E-state index in [0.717, 1.165) is 50.6 Å². The van der Waals surface area contributed by atoms with Crippen molar-refractivity contribution >= 4 is 6.08 Å². The number of nitrogens with zero attached hydrogens (tertiary/aromatic N) is 2. The summed E-state index contributed by atoms with van der Waals surface area (Å²) in [5.41, 5.74) is 5.30. The van der Waals surface area contributed by atoms with E-state index >= 15 is 0 Å². The zero-order chi connectivity index (χ0) is 21.3. The van der Waals surface area contributed by atoms with E-state index in [-0.39, 0.29) is 23.0 Å². The van der Waals surface area contributed by atoms with E-state index in [0.29, 0.717) is 17.8 Å². The number of hydrogen-bond donors (Lipinski definition) is 2. The van der Waals surface area contributed by atoms with Crippen molar-refractivity contribution < 1.29 is 10.2 Å². The lowest BCUT2D eigenvalue weighted by Crippen LogP contribution is -2.51. The van der Waals surface area contributed by atoms with Crippen LogP contribution in [0, 0.1) is 35.5 Å². The first-order valence-electron chi connectivity index (χ1n) is 12.1. The van der Waals surface area contributed by atoms with Crippen molar-refractivity contribution in [1.82, 2.24) is 9.78 Å². The van der Waals surface area contributed by atoms with E-state index < -0.39 is 0 Å². The molecule has 0 amide bonds. The Morgan fingerprint density at radius 3 is 2.70 bits per heavy atom. The summed E-state index contributed by atoms with van der Waals surface area (Å²) < 4.78 is 2.03. The molecule has 1 aromatic heterocycles. The Morgan fingerprint density at radius 1 is 1.17 bits per heavy atom. The zero-order valence-corrected chi connectivity index (χ0v) is 19.1. The van der Waals surface area contributed by atoms with Crippen molar-refractivity contribution in [1.29, 1.82) is 0 Å². The van der Waals surface area contributed by atoms with Crippen LogP contribution in [0.2, 0.25) is 0 Å². The molecule has 1 heterocycles. The molecule has 4 heteroatoms. The second-order valence-corrected chi connectivity index (χ2v) is 11.0. The van der Waals surface area contributed by atoms with Gasteiger partial charge >= 0.3 is 0 Å². The fourth-order valence-corrected chi connectivity index (χ4v) is 7.76. The van der Waals surface area contributed by atoms with Crippen LogP contribution in [0.3, 0.4) is 0 Å². The minimum Gasteiger partial charge on any atom is -0.393 e. The van der Waals surface area contributed by atoms with Crippen LogP contribution in [-0.4, -0.2) is 32.2 Å². The molecule has 4 nitrogen and oxygen atoms in total. The van der Waals surface area contributed by atoms with E-state index in [1.54, 1.807) is 0 Å². The summed E-state index contributed by atoms with van der Waals surface area (Å²) in [5.74, 6) is 1.88. The predicted molar refractivity (Wildman–Crippen MR) is 120 cm³/mol. The topological polar surface area (TPSA) is 58.3 Å². The van der Waals surface area contributed by atoms with Gasteiger partial charge in [-0.15, -0.1) is 0 Å². The summed E-state index contributed by atoms with van der Waals surface area (Å²) >= 11 is 0. The van der Waals surface area contributed by atoms with Gasteiger partial charge in [0.05, 0.1) is 18.4 Å². The maximum Gasteiger partial charge on any atom is 0.0809 e. The molecule has 0 unspecified atom stereocenters. The number of fused-ring (bicyclic) bond motifs is 5. The van der Waals surface area contributed by atoms with Crippen molar-refractivity contribution in [2.45, 2.75) is 91.4 Å². The molecule has 5 rings (SSSR count). The van der Waals surface area contributed by atoms with E-state index in [1.165, 1.54) is 23.3 Å². The minimum absolute atomic E-state index is 0.0163. The molecule has 30 heavy (non-hydrogen) atoms. The highest BCUT2D eigenvalue weighted by Crippen LogP contribution is 2.65. The number of aryl methyl sites for hydroxylation is 1. The first-order valence-corrected chi connectivity index (χ1v) is 12.1. The van der Waals surface area contributed by atoms with Gasteiger partial charge in [-0.1, -0.05) is 25.5 Å². The molecule has 0 aliphatic heterocycles. The molecule has 2 N–H and O–H groups in total. The van der Waals surface area contributed by atoms with E-state index in [1.807, 2.05) is 10.9 Å². The van der Waals surface area contributed by atoms with Crippen LogP contribution in [0.4, 0.5) is 0 Å². The van der Waals surface area contributed by atoms with Gasteiger partial charge in [-0.3, -0.25) is 4.68 Å². The highest BCUT2D eigenvalue weighted by atomic mass is 16.3. The van der Waals surface area contributed by atoms with Crippen LogP contribution in [0.1, 0.15) is 77.0 Å². The molecule has 0 radical (unpaired) electrons. The SMILES string of the molecule is CCn1ncc(/C=C2\C[C@H]3[C@@H]4CC=C5C[C@H](O)CC[C@]5(C)[C@H]4CC[C@]3(C)[C@@H]2O)c1C. The fraction of sp³-hybridized carbons (Fsp3) is 0.731. The van der Waals surface area contributed by atoms with E-state index in [2.05, 4.69) is 44.9 Å². The van der Waals surface area contributed by atoms with Gasteiger partial charge < -0.3 is 10.2 Å². The molecule has 164 valence electrons. The maximum atomic E-state index is 11.4. The second kappa shape index (κ2) is 7.06. The van der Waals surface area contributed by atoms with Gasteiger partial charge in [0.2, 0.25) is 0 Å². The number of aliphatic hydroxyl groups excluding tert-OH is 2. The number of hydrogen-bond acceptors (Lipinski definition) is 3. The van der Waals surface area contributed by atoms with Crippen LogP contribution in [0.25, 0.3) is 6.08 Å². The quantitative estimate of drug-likeness (QED) is 0.683. The summed E-state index contributed by atoms with van der Waals surface area (Å²) in [6.45, 7) is 9.93. The third-order valence-corrected chi connectivity index (χ3v) is 9.73. The van der Waals surface area contributed by atoms with Crippen molar-refractivity contribution in [2.24, 2.45) is 28.6 Å². The normalized spacial score (nSPS) is 44.4. The van der Waals surface area contributed by atoms with Crippen LogP contribution in [-0.2, 0) is 6.54 Å². The molecule has 4 aliphatic carbocycles. The molecule has 0 bridgehead atoms. The van der Waals surface area contributed by atoms with Crippen molar-refractivity contribution in [3.05, 3.63) is 34.7 Å². The van der Waals surface area contributed by atoms with Crippen LogP contribution < -0.4 is 0 Å². The Morgan fingerprint density at radius 2 is 1.97 bits per heavy atom. The van der Waals surface area contributed by atoms with Crippen LogP contribution in [0.5, 0.6) is 0 Å². The summed E-state index contributed by atoms with van der Waals surface area (Å²) in [7, 11) is 0. The van der Waals surface area contributed by atoms with Gasteiger partial charge in [0.25, 0.3) is 0 Å². The number of rotatable bonds is 2. The summed E-state index contributed by atoms with van der Waals surface area (Å²) in [6.07, 6.45) is 13.5. The van der Waals surface area contributed by atoms with Crippen LogP contribution in [0.15, 0.2) is 23.4 Å². The Labute approximate surface area is 181 Å². The largest absolute Gasteiger partial charge is 0.393 e. The molecular formula is C26H38N2O2. The summed E-state index contributed by atoms with van der Waals surface area (Å²) in [5, 5.41) is 26.1. The first kappa shape index (κ1) is 20.5. The Bertz CT molecular complexity index is 899. The lowest BCUT2D eigenvalue weighted by Gasteiger charge is -2.57. The molecule has 4 aliphatic rings. The molecule has 7 atom stereocenters. The molecule has 3 fully saturated rings. The lowest BCUT2D eigenvalue weighted by molar-refractivity contribution is -0.0685. The van der Waals surface area contributed by atoms with Gasteiger partial charge in [-0.2, -0.15) is 5.10 Å². The highest BCUT2D eigenvalue weighted by Gasteiger charge is 2.59. The number of aliphatic hydroxyl groups is 2. The molecule has 0 saturated heterocycles. The Kier molecular flexibility index (Phi) is 4.83. The number of aromatic nitrogens is 2. The lowest BCUT2D eigenvalue weighted by atomic mass is 9.48. The predicted octanol–water partition coefficient (Wildman–Crippen LogP) is 4.89. The van der Waals surface area contributed by atoms with Gasteiger partial charge in [-0.05, 0) is 93.6 Å². The molecule has 1 aromatic rings. The smallest absolute Gasteiger partial charge is 0.0809 e. The fourth-order valence-electron chi connectivity index (χ4n) is 7.76. The Balaban J connectivity index is 1.47. The molecule has 3 saturated carbocycles. The number of allylic oxidation sites excluding steroid dienone is 1. The van der Waals surface area contributed by atoms with E-state index in [9.17, 15) is 10.2 Å². The standard InChI is InChI=1S/C26H38N2O2/c1-5-28-16(2)18(15-27-28)12-17-13-23-21-7-6-19-14-20(29)8-10-25(19,3)22(21)9-11-26(23,4)24(17)30/h6,12,15,20-24,29-30H,5,7-11,13-14H2,1-4H3/b17-12+/t20-,21-,22+,23+,24-,25+,26+/m1/s1. The minimum atomic E-state index is -0.348. The van der Waals surface area contributed by atoms with Crippen molar-refractivity contribution in [3.8, 4) is 0 Å². The average Bonchev–Trinajstić information content (AvgIpc) is 3.20. The third-order valence-electron chi connectivity index (χ3n) is 9.73. The summed E-state index contributed by atoms with van der Waals surface area (Å²) in [4.78, 5) is 0. The molecular weight excluding hydrogens is 372 g/mol. The van der Waals surface area contributed by atoms with E-state index in [4.69, 9.17) is 0 Å². The molecule has 0 aromatic carbocycles. The van der Waals surface area contributed by atoms with Gasteiger partial charge in [0.15, 0.2) is 0 Å². The third kappa shape index (κ3) is 2.82. The van der Waals surface area contributed by atoms with Gasteiger partial charge in [0.1, 0.15) is 0 Å². The van der Waals surface area contributed by atoms with Gasteiger partial charge in [0, 0.05) is 23.2 Å². The zero-order valence-electron chi connectivity index (χ0n) is 19.1. The van der Waals surface area contributed by atoms with Crippen molar-refractivity contribution in [2.75, 3.05) is 0 Å². The molecule has 0 spiro atoms. The maximum absolute atomic E-state index is 11.4. The average molecular weight is 411 g/mol. The van der Waals surface area contributed by atoms with Crippen molar-refractivity contribution in [3.63, 3.8) is 0 Å². The van der Waals surface area contributed by atoms with Crippen LogP contribution >= 0.6 is 0 Å². The highest BCUT2D eigenvalue weighted by molar-refractivity contribution is 5.57. The monoisotopic (exact) mass is 410 g/mol. The second-order valence-electron chi connectivity index (χ2n) is 11.0. The first-order chi connectivity index (χ1) is 14.3. The summed E-state index contributed by atoms with van der Waals surface area (Å²) in [6, 6.07) is 0. The Hall–Kier alpha value is -1.39. The van der Waals surface area contributed by atoms with Gasteiger partial charge in [-0.25, -0.2) is 0 Å².